The van der Waals surface area contributed by atoms with Gasteiger partial charge in [0.2, 0.25) is 0 Å². The number of anilines is 1. The molecule has 3 heteroatoms. The number of nitrogens with zero attached hydrogens (tertiary/aromatic N) is 1. The second kappa shape index (κ2) is 5.70. The maximum absolute atomic E-state index is 14.1. The van der Waals surface area contributed by atoms with Crippen LogP contribution in [0.2, 0.25) is 0 Å². The lowest BCUT2D eigenvalue weighted by Gasteiger charge is -2.32. The highest BCUT2D eigenvalue weighted by Crippen LogP contribution is 2.33. The van der Waals surface area contributed by atoms with E-state index in [1.54, 1.807) is 13.0 Å². The Morgan fingerprint density at radius 2 is 2.11 bits per heavy atom. The van der Waals surface area contributed by atoms with E-state index >= 15 is 0 Å². The van der Waals surface area contributed by atoms with Gasteiger partial charge in [-0.3, -0.25) is 0 Å². The molecule has 1 heterocycles. The van der Waals surface area contributed by atoms with Crippen LogP contribution in [0.4, 0.5) is 10.1 Å². The van der Waals surface area contributed by atoms with Crippen molar-refractivity contribution in [1.29, 1.82) is 0 Å². The van der Waals surface area contributed by atoms with E-state index in [9.17, 15) is 9.50 Å². The van der Waals surface area contributed by atoms with Crippen molar-refractivity contribution in [3.05, 3.63) is 29.6 Å². The van der Waals surface area contributed by atoms with E-state index in [0.29, 0.717) is 17.3 Å². The van der Waals surface area contributed by atoms with Crippen molar-refractivity contribution in [2.75, 3.05) is 11.4 Å². The smallest absolute Gasteiger partial charge is 0.146 e. The second-order valence-electron chi connectivity index (χ2n) is 5.25. The van der Waals surface area contributed by atoms with Gasteiger partial charge in [-0.05, 0) is 32.8 Å². The van der Waals surface area contributed by atoms with Crippen molar-refractivity contribution < 1.29 is 9.50 Å². The molecule has 2 rings (SSSR count). The van der Waals surface area contributed by atoms with Crippen LogP contribution in [0.5, 0.6) is 0 Å². The summed E-state index contributed by atoms with van der Waals surface area (Å²) < 4.78 is 14.1. The van der Waals surface area contributed by atoms with Crippen molar-refractivity contribution in [3.8, 4) is 0 Å². The number of benzene rings is 1. The molecule has 0 radical (unpaired) electrons. The van der Waals surface area contributed by atoms with Gasteiger partial charge in [-0.25, -0.2) is 4.39 Å². The first-order valence-corrected chi connectivity index (χ1v) is 6.84. The van der Waals surface area contributed by atoms with Gasteiger partial charge in [0.1, 0.15) is 5.82 Å². The minimum absolute atomic E-state index is 0.220. The number of para-hydroxylation sites is 1. The minimum atomic E-state index is -0.633. The standard InChI is InChI=1S/C15H22FNO/c1-11-7-4-3-5-10-17(11)15-13(12(2)18)8-6-9-14(15)16/h6,8-9,11-12,18H,3-5,7,10H2,1-2H3/t11?,12-/m0/s1. The third kappa shape index (κ3) is 2.66. The van der Waals surface area contributed by atoms with E-state index in [1.165, 1.54) is 18.9 Å². The van der Waals surface area contributed by atoms with Gasteiger partial charge in [0.05, 0.1) is 11.8 Å². The molecule has 0 aliphatic carbocycles. The van der Waals surface area contributed by atoms with Crippen molar-refractivity contribution >= 4 is 5.69 Å². The van der Waals surface area contributed by atoms with Crippen LogP contribution in [0.1, 0.15) is 51.2 Å². The van der Waals surface area contributed by atoms with Crippen LogP contribution < -0.4 is 4.90 Å². The number of rotatable bonds is 2. The molecule has 1 unspecified atom stereocenters. The quantitative estimate of drug-likeness (QED) is 0.867. The van der Waals surface area contributed by atoms with E-state index in [-0.39, 0.29) is 5.82 Å². The Bertz CT molecular complexity index is 405. The molecule has 0 saturated carbocycles. The molecule has 2 atom stereocenters. The van der Waals surface area contributed by atoms with Crippen molar-refractivity contribution in [2.24, 2.45) is 0 Å². The molecule has 0 amide bonds. The number of hydrogen-bond acceptors (Lipinski definition) is 2. The molecule has 18 heavy (non-hydrogen) atoms. The largest absolute Gasteiger partial charge is 0.389 e. The van der Waals surface area contributed by atoms with E-state index in [0.717, 1.165) is 19.4 Å². The summed E-state index contributed by atoms with van der Waals surface area (Å²) in [5, 5.41) is 9.82. The monoisotopic (exact) mass is 251 g/mol. The highest BCUT2D eigenvalue weighted by molar-refractivity contribution is 5.56. The Kier molecular flexibility index (Phi) is 4.23. The van der Waals surface area contributed by atoms with E-state index in [1.807, 2.05) is 6.07 Å². The third-order valence-corrected chi connectivity index (χ3v) is 3.81. The van der Waals surface area contributed by atoms with Gasteiger partial charge < -0.3 is 10.0 Å². The zero-order valence-electron chi connectivity index (χ0n) is 11.2. The Hall–Kier alpha value is -1.09. The number of aliphatic hydroxyl groups is 1. The van der Waals surface area contributed by atoms with Crippen LogP contribution >= 0.6 is 0 Å². The molecule has 1 N–H and O–H groups in total. The number of hydrogen-bond donors (Lipinski definition) is 1. The summed E-state index contributed by atoms with van der Waals surface area (Å²) in [7, 11) is 0. The Morgan fingerprint density at radius 1 is 1.33 bits per heavy atom. The van der Waals surface area contributed by atoms with Gasteiger partial charge in [0.15, 0.2) is 0 Å². The molecule has 1 aliphatic rings. The Labute approximate surface area is 108 Å². The van der Waals surface area contributed by atoms with E-state index < -0.39 is 6.10 Å². The minimum Gasteiger partial charge on any atom is -0.389 e. The summed E-state index contributed by atoms with van der Waals surface area (Å²) in [5.74, 6) is -0.220. The summed E-state index contributed by atoms with van der Waals surface area (Å²) >= 11 is 0. The average molecular weight is 251 g/mol. The molecule has 1 aliphatic heterocycles. The van der Waals surface area contributed by atoms with Crippen LogP contribution in [-0.4, -0.2) is 17.7 Å². The molecule has 100 valence electrons. The molecule has 1 aromatic rings. The Morgan fingerprint density at radius 3 is 2.83 bits per heavy atom. The third-order valence-electron chi connectivity index (χ3n) is 3.81. The predicted molar refractivity (Wildman–Crippen MR) is 72.3 cm³/mol. The first-order chi connectivity index (χ1) is 8.61. The molecule has 0 spiro atoms. The molecule has 1 aromatic carbocycles. The van der Waals surface area contributed by atoms with Gasteiger partial charge in [-0.15, -0.1) is 0 Å². The second-order valence-corrected chi connectivity index (χ2v) is 5.25. The maximum atomic E-state index is 14.1. The van der Waals surface area contributed by atoms with Gasteiger partial charge in [0.25, 0.3) is 0 Å². The van der Waals surface area contributed by atoms with Crippen LogP contribution in [0.25, 0.3) is 0 Å². The van der Waals surface area contributed by atoms with Crippen LogP contribution in [0, 0.1) is 5.82 Å². The fourth-order valence-electron chi connectivity index (χ4n) is 2.78. The fraction of sp³-hybridized carbons (Fsp3) is 0.600. The first-order valence-electron chi connectivity index (χ1n) is 6.84. The van der Waals surface area contributed by atoms with E-state index in [4.69, 9.17) is 0 Å². The fourth-order valence-corrected chi connectivity index (χ4v) is 2.78. The highest BCUT2D eigenvalue weighted by Gasteiger charge is 2.23. The molecule has 1 saturated heterocycles. The van der Waals surface area contributed by atoms with E-state index in [2.05, 4.69) is 11.8 Å². The maximum Gasteiger partial charge on any atom is 0.146 e. The first kappa shape index (κ1) is 13.3. The zero-order valence-corrected chi connectivity index (χ0v) is 11.2. The molecule has 0 bridgehead atoms. The predicted octanol–water partition coefficient (Wildman–Crippen LogP) is 3.65. The lowest BCUT2D eigenvalue weighted by atomic mass is 10.0. The molecular weight excluding hydrogens is 229 g/mol. The van der Waals surface area contributed by atoms with Gasteiger partial charge >= 0.3 is 0 Å². The zero-order chi connectivity index (χ0) is 13.1. The van der Waals surface area contributed by atoms with Crippen molar-refractivity contribution in [3.63, 3.8) is 0 Å². The molecular formula is C15H22FNO. The SMILES string of the molecule is CC1CCCCCN1c1c(F)cccc1[C@H](C)O. The molecule has 0 aromatic heterocycles. The summed E-state index contributed by atoms with van der Waals surface area (Å²) in [6.45, 7) is 4.71. The molecule has 1 fully saturated rings. The normalized spacial score (nSPS) is 22.7. The summed E-state index contributed by atoms with van der Waals surface area (Å²) in [4.78, 5) is 2.13. The van der Waals surface area contributed by atoms with Crippen LogP contribution in [0.3, 0.4) is 0 Å². The van der Waals surface area contributed by atoms with Crippen LogP contribution in [0.15, 0.2) is 18.2 Å². The number of halogens is 1. The van der Waals surface area contributed by atoms with Crippen molar-refractivity contribution in [1.82, 2.24) is 0 Å². The van der Waals surface area contributed by atoms with Gasteiger partial charge in [-0.2, -0.15) is 0 Å². The summed E-state index contributed by atoms with van der Waals surface area (Å²) in [5.41, 5.74) is 1.30. The van der Waals surface area contributed by atoms with Crippen LogP contribution in [-0.2, 0) is 0 Å². The Balaban J connectivity index is 2.41. The van der Waals surface area contributed by atoms with Gasteiger partial charge in [-0.1, -0.05) is 25.0 Å². The highest BCUT2D eigenvalue weighted by atomic mass is 19.1. The summed E-state index contributed by atoms with van der Waals surface area (Å²) in [6, 6.07) is 5.31. The van der Waals surface area contributed by atoms with Gasteiger partial charge in [0, 0.05) is 18.2 Å². The summed E-state index contributed by atoms with van der Waals surface area (Å²) in [6.07, 6.45) is 3.96. The lowest BCUT2D eigenvalue weighted by Crippen LogP contribution is -2.34. The average Bonchev–Trinajstić information content (AvgIpc) is 2.54. The number of aliphatic hydroxyl groups excluding tert-OH is 1. The molecule has 2 nitrogen and oxygen atoms in total. The lowest BCUT2D eigenvalue weighted by molar-refractivity contribution is 0.199. The topological polar surface area (TPSA) is 23.5 Å². The van der Waals surface area contributed by atoms with Crippen molar-refractivity contribution in [2.45, 2.75) is 51.7 Å².